The molecule has 0 saturated carbocycles. The Bertz CT molecular complexity index is 1030. The van der Waals surface area contributed by atoms with Gasteiger partial charge in [-0.1, -0.05) is 67.6 Å². The van der Waals surface area contributed by atoms with Crippen molar-refractivity contribution in [2.75, 3.05) is 12.4 Å². The van der Waals surface area contributed by atoms with Crippen molar-refractivity contribution in [3.05, 3.63) is 100 Å². The lowest BCUT2D eigenvalue weighted by molar-refractivity contribution is -0.139. The summed E-state index contributed by atoms with van der Waals surface area (Å²) in [7, 11) is 0. The van der Waals surface area contributed by atoms with Gasteiger partial charge in [-0.15, -0.1) is 11.8 Å². The molecule has 0 saturated heterocycles. The highest BCUT2D eigenvalue weighted by Crippen LogP contribution is 2.31. The van der Waals surface area contributed by atoms with Gasteiger partial charge in [-0.2, -0.15) is 0 Å². The molecular formula is C25H23BrO3S. The number of hydrogen-bond acceptors (Lipinski definition) is 3. The highest BCUT2D eigenvalue weighted by atomic mass is 79.9. The minimum atomic E-state index is -0.994. The molecule has 0 bridgehead atoms. The summed E-state index contributed by atoms with van der Waals surface area (Å²) in [6.07, 6.45) is 3.27. The lowest BCUT2D eigenvalue weighted by Gasteiger charge is -2.11. The summed E-state index contributed by atoms with van der Waals surface area (Å²) >= 11 is 5.18. The number of benzene rings is 3. The lowest BCUT2D eigenvalue weighted by Crippen LogP contribution is -2.09. The maximum atomic E-state index is 10.7. The molecule has 0 atom stereocenters. The number of thioether (sulfide) groups is 1. The Balaban J connectivity index is 1.78. The van der Waals surface area contributed by atoms with Gasteiger partial charge in [0.15, 0.2) is 6.61 Å². The standard InChI is InChI=1S/C25H23BrO3S/c1-2-18-7-6-10-20(15-18)22(19-8-4-3-5-9-19)13-14-30-21-11-12-24(23(26)16-21)29-17-25(27)28/h3-13,15-16H,2,14,17H2,1H3,(H,27,28)/b22-13-. The maximum Gasteiger partial charge on any atom is 0.341 e. The molecule has 30 heavy (non-hydrogen) atoms. The highest BCUT2D eigenvalue weighted by molar-refractivity contribution is 9.10. The fourth-order valence-corrected chi connectivity index (χ4v) is 4.48. The molecule has 3 aromatic carbocycles. The average Bonchev–Trinajstić information content (AvgIpc) is 2.76. The largest absolute Gasteiger partial charge is 0.481 e. The number of carbonyl (C=O) groups is 1. The van der Waals surface area contributed by atoms with Crippen LogP contribution in [-0.2, 0) is 11.2 Å². The van der Waals surface area contributed by atoms with Gasteiger partial charge in [0.25, 0.3) is 0 Å². The SMILES string of the molecule is CCc1cccc(/C(=C\CSc2ccc(OCC(=O)O)c(Br)c2)c2ccccc2)c1. The topological polar surface area (TPSA) is 46.5 Å². The third kappa shape index (κ3) is 6.25. The molecule has 0 aliphatic heterocycles. The van der Waals surface area contributed by atoms with E-state index >= 15 is 0 Å². The van der Waals surface area contributed by atoms with Crippen molar-refractivity contribution in [3.63, 3.8) is 0 Å². The molecule has 3 nitrogen and oxygen atoms in total. The van der Waals surface area contributed by atoms with Crippen molar-refractivity contribution < 1.29 is 14.6 Å². The van der Waals surface area contributed by atoms with Crippen molar-refractivity contribution in [1.82, 2.24) is 0 Å². The van der Waals surface area contributed by atoms with Crippen LogP contribution >= 0.6 is 27.7 Å². The quantitative estimate of drug-likeness (QED) is 0.344. The molecule has 3 aromatic rings. The van der Waals surface area contributed by atoms with Gasteiger partial charge >= 0.3 is 5.97 Å². The van der Waals surface area contributed by atoms with Crippen LogP contribution < -0.4 is 4.74 Å². The number of aliphatic carboxylic acids is 1. The number of hydrogen-bond donors (Lipinski definition) is 1. The second-order valence-electron chi connectivity index (χ2n) is 6.62. The molecule has 0 aromatic heterocycles. The summed E-state index contributed by atoms with van der Waals surface area (Å²) in [4.78, 5) is 11.8. The minimum absolute atomic E-state index is 0.356. The molecule has 0 heterocycles. The van der Waals surface area contributed by atoms with Crippen molar-refractivity contribution in [1.29, 1.82) is 0 Å². The summed E-state index contributed by atoms with van der Waals surface area (Å²) in [5, 5.41) is 8.76. The van der Waals surface area contributed by atoms with Crippen LogP contribution in [0.2, 0.25) is 0 Å². The van der Waals surface area contributed by atoms with E-state index in [4.69, 9.17) is 9.84 Å². The first-order valence-corrected chi connectivity index (χ1v) is 11.5. The highest BCUT2D eigenvalue weighted by Gasteiger charge is 2.08. The molecule has 0 aliphatic carbocycles. The van der Waals surface area contributed by atoms with E-state index in [0.717, 1.165) is 21.5 Å². The number of ether oxygens (including phenoxy) is 1. The maximum absolute atomic E-state index is 10.7. The molecule has 0 fully saturated rings. The Kier molecular flexibility index (Phi) is 8.17. The summed E-state index contributed by atoms with van der Waals surface area (Å²) < 4.78 is 6.01. The van der Waals surface area contributed by atoms with E-state index in [9.17, 15) is 4.79 Å². The van der Waals surface area contributed by atoms with E-state index in [1.54, 1.807) is 17.8 Å². The number of aryl methyl sites for hydroxylation is 1. The average molecular weight is 483 g/mol. The minimum Gasteiger partial charge on any atom is -0.481 e. The van der Waals surface area contributed by atoms with Crippen LogP contribution in [0.1, 0.15) is 23.6 Å². The van der Waals surface area contributed by atoms with E-state index in [2.05, 4.69) is 77.5 Å². The predicted octanol–water partition coefficient (Wildman–Crippen LogP) is 6.70. The van der Waals surface area contributed by atoms with Gasteiger partial charge in [-0.3, -0.25) is 0 Å². The van der Waals surface area contributed by atoms with Crippen molar-refractivity contribution in [3.8, 4) is 5.75 Å². The van der Waals surface area contributed by atoms with Crippen LogP contribution in [0.15, 0.2) is 88.2 Å². The van der Waals surface area contributed by atoms with Gasteiger partial charge in [0.1, 0.15) is 5.75 Å². The van der Waals surface area contributed by atoms with Crippen LogP contribution in [0.4, 0.5) is 0 Å². The number of carboxylic acid groups (broad SMARTS) is 1. The zero-order valence-electron chi connectivity index (χ0n) is 16.7. The Morgan fingerprint density at radius 2 is 1.80 bits per heavy atom. The lowest BCUT2D eigenvalue weighted by atomic mass is 9.96. The molecule has 0 amide bonds. The van der Waals surface area contributed by atoms with Crippen LogP contribution in [0.5, 0.6) is 5.75 Å². The molecule has 0 spiro atoms. The molecular weight excluding hydrogens is 460 g/mol. The van der Waals surface area contributed by atoms with Gasteiger partial charge in [-0.25, -0.2) is 4.79 Å². The Labute approximate surface area is 189 Å². The normalized spacial score (nSPS) is 11.3. The van der Waals surface area contributed by atoms with Gasteiger partial charge < -0.3 is 9.84 Å². The monoisotopic (exact) mass is 482 g/mol. The van der Waals surface area contributed by atoms with Crippen molar-refractivity contribution in [2.24, 2.45) is 0 Å². The molecule has 0 unspecified atom stereocenters. The smallest absolute Gasteiger partial charge is 0.341 e. The number of halogens is 1. The Hall–Kier alpha value is -2.50. The predicted molar refractivity (Wildman–Crippen MR) is 127 cm³/mol. The van der Waals surface area contributed by atoms with Crippen LogP contribution in [0.25, 0.3) is 5.57 Å². The van der Waals surface area contributed by atoms with Crippen molar-refractivity contribution >= 4 is 39.2 Å². The third-order valence-corrected chi connectivity index (χ3v) is 6.06. The van der Waals surface area contributed by atoms with Crippen LogP contribution in [0.3, 0.4) is 0 Å². The zero-order chi connectivity index (χ0) is 21.3. The molecule has 154 valence electrons. The van der Waals surface area contributed by atoms with E-state index in [1.807, 2.05) is 18.2 Å². The second kappa shape index (κ2) is 11.0. The van der Waals surface area contributed by atoms with Crippen molar-refractivity contribution in [2.45, 2.75) is 18.2 Å². The van der Waals surface area contributed by atoms with Gasteiger partial charge in [0.05, 0.1) is 4.47 Å². The molecule has 0 aliphatic rings. The van der Waals surface area contributed by atoms with Gasteiger partial charge in [0, 0.05) is 10.6 Å². The molecule has 1 N–H and O–H groups in total. The first-order chi connectivity index (χ1) is 14.6. The summed E-state index contributed by atoms with van der Waals surface area (Å²) in [6.45, 7) is 1.81. The first kappa shape index (κ1) is 22.2. The van der Waals surface area contributed by atoms with E-state index in [1.165, 1.54) is 22.3 Å². The molecule has 3 rings (SSSR count). The third-order valence-electron chi connectivity index (χ3n) is 4.52. The Morgan fingerprint density at radius 3 is 2.50 bits per heavy atom. The van der Waals surface area contributed by atoms with E-state index in [0.29, 0.717) is 5.75 Å². The van der Waals surface area contributed by atoms with Crippen LogP contribution in [-0.4, -0.2) is 23.4 Å². The van der Waals surface area contributed by atoms with Crippen LogP contribution in [0, 0.1) is 0 Å². The van der Waals surface area contributed by atoms with E-state index < -0.39 is 5.97 Å². The van der Waals surface area contributed by atoms with E-state index in [-0.39, 0.29) is 6.61 Å². The fraction of sp³-hybridized carbons (Fsp3) is 0.160. The zero-order valence-corrected chi connectivity index (χ0v) is 19.1. The second-order valence-corrected chi connectivity index (χ2v) is 8.57. The summed E-state index contributed by atoms with van der Waals surface area (Å²) in [6, 6.07) is 24.8. The fourth-order valence-electron chi connectivity index (χ4n) is 3.03. The first-order valence-electron chi connectivity index (χ1n) is 9.68. The number of rotatable bonds is 9. The number of carboxylic acids is 1. The summed E-state index contributed by atoms with van der Waals surface area (Å²) in [5.74, 6) is 0.340. The molecule has 5 heteroatoms. The summed E-state index contributed by atoms with van der Waals surface area (Å²) in [5.41, 5.74) is 4.96. The Morgan fingerprint density at radius 1 is 1.03 bits per heavy atom. The van der Waals surface area contributed by atoms with Gasteiger partial charge in [0.2, 0.25) is 0 Å². The van der Waals surface area contributed by atoms with Gasteiger partial charge in [-0.05, 0) is 62.8 Å². The molecule has 0 radical (unpaired) electrons.